The van der Waals surface area contributed by atoms with Gasteiger partial charge in [0.2, 0.25) is 0 Å². The minimum Gasteiger partial charge on any atom is -0.489 e. The molecule has 0 radical (unpaired) electrons. The summed E-state index contributed by atoms with van der Waals surface area (Å²) in [6.45, 7) is 3.02. The molecule has 1 aromatic heterocycles. The fourth-order valence-corrected chi connectivity index (χ4v) is 4.00. The number of para-hydroxylation sites is 1. The summed E-state index contributed by atoms with van der Waals surface area (Å²) in [7, 11) is 0. The van der Waals surface area contributed by atoms with E-state index in [2.05, 4.69) is 6.92 Å². The molecule has 3 nitrogen and oxygen atoms in total. The van der Waals surface area contributed by atoms with Crippen LogP contribution in [0.3, 0.4) is 0 Å². The molecule has 1 heterocycles. The van der Waals surface area contributed by atoms with E-state index in [0.29, 0.717) is 18.0 Å². The number of anilines is 1. The summed E-state index contributed by atoms with van der Waals surface area (Å²) in [5.74, 6) is 0.825. The molecule has 30 heavy (non-hydrogen) atoms. The largest absolute Gasteiger partial charge is 0.489 e. The van der Waals surface area contributed by atoms with Gasteiger partial charge in [-0.2, -0.15) is 0 Å². The third-order valence-corrected chi connectivity index (χ3v) is 5.75. The van der Waals surface area contributed by atoms with E-state index in [9.17, 15) is 4.79 Å². The molecule has 0 atom stereocenters. The first-order chi connectivity index (χ1) is 14.7. The average molecular weight is 414 g/mol. The molecule has 0 aliphatic rings. The summed E-state index contributed by atoms with van der Waals surface area (Å²) in [5.41, 5.74) is 4.17. The van der Waals surface area contributed by atoms with Gasteiger partial charge in [0.15, 0.2) is 0 Å². The Morgan fingerprint density at radius 1 is 0.867 bits per heavy atom. The number of nitrogens with zero attached hydrogens (tertiary/aromatic N) is 1. The van der Waals surface area contributed by atoms with E-state index in [4.69, 9.17) is 4.74 Å². The van der Waals surface area contributed by atoms with Crippen molar-refractivity contribution >= 4 is 22.9 Å². The first-order valence-electron chi connectivity index (χ1n) is 9.87. The molecule has 0 spiro atoms. The molecule has 0 fully saturated rings. The summed E-state index contributed by atoms with van der Waals surface area (Å²) < 4.78 is 5.86. The summed E-state index contributed by atoms with van der Waals surface area (Å²) in [4.78, 5) is 15.9. The Kier molecular flexibility index (Phi) is 6.26. The highest BCUT2D eigenvalue weighted by Crippen LogP contribution is 2.24. The monoisotopic (exact) mass is 413 g/mol. The minimum absolute atomic E-state index is 0.00311. The van der Waals surface area contributed by atoms with Crippen LogP contribution in [0, 0.1) is 6.92 Å². The van der Waals surface area contributed by atoms with Gasteiger partial charge in [-0.25, -0.2) is 0 Å². The minimum atomic E-state index is -0.00311. The van der Waals surface area contributed by atoms with Crippen LogP contribution in [0.4, 0.5) is 5.69 Å². The topological polar surface area (TPSA) is 29.5 Å². The number of hydrogen-bond acceptors (Lipinski definition) is 3. The second-order valence-corrected chi connectivity index (χ2v) is 8.04. The molecule has 4 heteroatoms. The first kappa shape index (κ1) is 19.9. The van der Waals surface area contributed by atoms with Gasteiger partial charge >= 0.3 is 0 Å². The molecular weight excluding hydrogens is 390 g/mol. The second kappa shape index (κ2) is 9.42. The Morgan fingerprint density at radius 3 is 2.23 bits per heavy atom. The van der Waals surface area contributed by atoms with Crippen LogP contribution < -0.4 is 9.64 Å². The molecule has 0 aliphatic heterocycles. The highest BCUT2D eigenvalue weighted by molar-refractivity contribution is 7.12. The van der Waals surface area contributed by atoms with Crippen LogP contribution >= 0.6 is 11.3 Å². The van der Waals surface area contributed by atoms with Gasteiger partial charge in [0.05, 0.1) is 11.4 Å². The van der Waals surface area contributed by atoms with Crippen molar-refractivity contribution in [1.29, 1.82) is 0 Å². The maximum atomic E-state index is 13.4. The number of rotatable bonds is 7. The lowest BCUT2D eigenvalue weighted by Crippen LogP contribution is -2.29. The first-order valence-corrected chi connectivity index (χ1v) is 10.7. The Morgan fingerprint density at radius 2 is 1.53 bits per heavy atom. The lowest BCUT2D eigenvalue weighted by Gasteiger charge is -2.22. The van der Waals surface area contributed by atoms with Crippen LogP contribution in [-0.2, 0) is 13.2 Å². The van der Waals surface area contributed by atoms with Crippen LogP contribution in [-0.4, -0.2) is 5.91 Å². The predicted molar refractivity (Wildman–Crippen MR) is 123 cm³/mol. The second-order valence-electron chi connectivity index (χ2n) is 7.13. The molecule has 1 amide bonds. The number of carbonyl (C=O) groups is 1. The summed E-state index contributed by atoms with van der Waals surface area (Å²) in [6, 6.07) is 29.8. The lowest BCUT2D eigenvalue weighted by atomic mass is 10.2. The molecule has 0 unspecified atom stereocenters. The van der Waals surface area contributed by atoms with Crippen LogP contribution in [0.1, 0.15) is 26.4 Å². The van der Waals surface area contributed by atoms with Gasteiger partial charge in [0.1, 0.15) is 12.4 Å². The molecule has 0 bridgehead atoms. The van der Waals surface area contributed by atoms with Crippen molar-refractivity contribution in [1.82, 2.24) is 0 Å². The molecule has 4 aromatic rings. The number of aryl methyl sites for hydroxylation is 1. The molecule has 0 saturated carbocycles. The third-order valence-electron chi connectivity index (χ3n) is 4.79. The molecule has 0 saturated heterocycles. The van der Waals surface area contributed by atoms with Crippen molar-refractivity contribution in [3.63, 3.8) is 0 Å². The van der Waals surface area contributed by atoms with Crippen molar-refractivity contribution < 1.29 is 9.53 Å². The van der Waals surface area contributed by atoms with Crippen LogP contribution in [0.25, 0.3) is 0 Å². The number of amides is 1. The average Bonchev–Trinajstić information content (AvgIpc) is 3.27. The Bertz CT molecular complexity index is 1090. The number of thiophene rings is 1. The zero-order chi connectivity index (χ0) is 20.8. The van der Waals surface area contributed by atoms with Crippen LogP contribution in [0.5, 0.6) is 5.75 Å². The Balaban J connectivity index is 1.51. The van der Waals surface area contributed by atoms with Crippen LogP contribution in [0.15, 0.2) is 96.4 Å². The smallest absolute Gasteiger partial charge is 0.268 e. The molecule has 0 N–H and O–H groups in total. The maximum absolute atomic E-state index is 13.4. The van der Waals surface area contributed by atoms with E-state index in [1.807, 2.05) is 101 Å². The molecule has 3 aromatic carbocycles. The zero-order valence-corrected chi connectivity index (χ0v) is 17.6. The Hall–Kier alpha value is -3.37. The fourth-order valence-electron chi connectivity index (χ4n) is 3.15. The van der Waals surface area contributed by atoms with Crippen molar-refractivity contribution in [3.8, 4) is 5.75 Å². The lowest BCUT2D eigenvalue weighted by molar-refractivity contribution is 0.0989. The normalized spacial score (nSPS) is 10.6. The van der Waals surface area contributed by atoms with Crippen molar-refractivity contribution in [2.24, 2.45) is 0 Å². The van der Waals surface area contributed by atoms with E-state index in [1.165, 1.54) is 16.9 Å². The molecule has 0 aliphatic carbocycles. The van der Waals surface area contributed by atoms with Crippen molar-refractivity contribution in [2.45, 2.75) is 20.1 Å². The maximum Gasteiger partial charge on any atom is 0.268 e. The molecule has 4 rings (SSSR count). The highest BCUT2D eigenvalue weighted by atomic mass is 32.1. The summed E-state index contributed by atoms with van der Waals surface area (Å²) in [5, 5.41) is 1.99. The SMILES string of the molecule is Cc1ccc(OCc2csc(C(=O)N(Cc3ccccc3)c3ccccc3)c2)cc1. The van der Waals surface area contributed by atoms with E-state index in [1.54, 1.807) is 0 Å². The third kappa shape index (κ3) is 4.97. The van der Waals surface area contributed by atoms with Gasteiger partial charge < -0.3 is 9.64 Å². The number of ether oxygens (including phenoxy) is 1. The number of hydrogen-bond donors (Lipinski definition) is 0. The fraction of sp³-hybridized carbons (Fsp3) is 0.115. The predicted octanol–water partition coefficient (Wildman–Crippen LogP) is 6.48. The van der Waals surface area contributed by atoms with E-state index in [-0.39, 0.29) is 5.91 Å². The van der Waals surface area contributed by atoms with Crippen molar-refractivity contribution in [3.05, 3.63) is 118 Å². The zero-order valence-electron chi connectivity index (χ0n) is 16.8. The highest BCUT2D eigenvalue weighted by Gasteiger charge is 2.20. The Labute approximate surface area is 181 Å². The van der Waals surface area contributed by atoms with E-state index >= 15 is 0 Å². The summed E-state index contributed by atoms with van der Waals surface area (Å²) >= 11 is 1.46. The summed E-state index contributed by atoms with van der Waals surface area (Å²) in [6.07, 6.45) is 0. The number of carbonyl (C=O) groups excluding carboxylic acids is 1. The molecular formula is C26H23NO2S. The molecule has 150 valence electrons. The van der Waals surface area contributed by atoms with Crippen LogP contribution in [0.2, 0.25) is 0 Å². The van der Waals surface area contributed by atoms with Crippen molar-refractivity contribution in [2.75, 3.05) is 4.90 Å². The van der Waals surface area contributed by atoms with Gasteiger partial charge in [-0.3, -0.25) is 4.79 Å². The quantitative estimate of drug-likeness (QED) is 0.347. The van der Waals surface area contributed by atoms with E-state index < -0.39 is 0 Å². The number of benzene rings is 3. The van der Waals surface area contributed by atoms with Gasteiger partial charge in [-0.15, -0.1) is 11.3 Å². The van der Waals surface area contributed by atoms with Gasteiger partial charge in [0.25, 0.3) is 5.91 Å². The van der Waals surface area contributed by atoms with Gasteiger partial charge in [0, 0.05) is 11.3 Å². The van der Waals surface area contributed by atoms with Gasteiger partial charge in [-0.05, 0) is 48.2 Å². The van der Waals surface area contributed by atoms with Gasteiger partial charge in [-0.1, -0.05) is 66.2 Å². The standard InChI is InChI=1S/C26H23NO2S/c1-20-12-14-24(15-13-20)29-18-22-16-25(30-19-22)26(28)27(23-10-6-3-7-11-23)17-21-8-4-2-5-9-21/h2-16,19H,17-18H2,1H3. The van der Waals surface area contributed by atoms with E-state index in [0.717, 1.165) is 22.6 Å².